The van der Waals surface area contributed by atoms with Crippen molar-refractivity contribution < 1.29 is 18.8 Å². The van der Waals surface area contributed by atoms with Crippen LogP contribution in [0.4, 0.5) is 10.1 Å². The van der Waals surface area contributed by atoms with Crippen molar-refractivity contribution in [3.63, 3.8) is 0 Å². The highest BCUT2D eigenvalue weighted by molar-refractivity contribution is 6.39. The Labute approximate surface area is 236 Å². The van der Waals surface area contributed by atoms with Crippen molar-refractivity contribution in [1.82, 2.24) is 10.5 Å². The Kier molecular flexibility index (Phi) is 6.18. The number of hydrogen-bond donors (Lipinski definition) is 2. The van der Waals surface area contributed by atoms with Crippen LogP contribution in [0.25, 0.3) is 11.3 Å². The topological polar surface area (TPSA) is 78.6 Å². The number of rotatable bonds is 7. The Balaban J connectivity index is 1.04. The fourth-order valence-electron chi connectivity index (χ4n) is 7.50. The molecule has 0 radical (unpaired) electrons. The number of nitrogens with one attached hydrogen (secondary N) is 1. The van der Waals surface area contributed by atoms with Gasteiger partial charge in [-0.3, -0.25) is 0 Å². The largest absolute Gasteiger partial charge is 0.478 e. The summed E-state index contributed by atoms with van der Waals surface area (Å²) in [6.07, 6.45) is 8.68. The Morgan fingerprint density at radius 3 is 2.41 bits per heavy atom. The molecule has 2 aliphatic carbocycles. The summed E-state index contributed by atoms with van der Waals surface area (Å²) in [5, 5.41) is 18.7. The summed E-state index contributed by atoms with van der Waals surface area (Å²) >= 11 is 13.0. The maximum Gasteiger partial charge on any atom is 0.335 e. The Morgan fingerprint density at radius 1 is 1.08 bits per heavy atom. The number of benzene rings is 2. The van der Waals surface area contributed by atoms with Crippen molar-refractivity contribution in [2.45, 2.75) is 82.0 Å². The zero-order chi connectivity index (χ0) is 26.9. The van der Waals surface area contributed by atoms with Crippen LogP contribution in [0.3, 0.4) is 0 Å². The van der Waals surface area contributed by atoms with E-state index < -0.39 is 11.8 Å². The predicted octanol–water partition coefficient (Wildman–Crippen LogP) is 7.43. The van der Waals surface area contributed by atoms with E-state index in [0.29, 0.717) is 46.3 Å². The van der Waals surface area contributed by atoms with Crippen LogP contribution < -0.4 is 10.2 Å². The third kappa shape index (κ3) is 4.52. The van der Waals surface area contributed by atoms with Gasteiger partial charge >= 0.3 is 5.97 Å². The second kappa shape index (κ2) is 9.50. The summed E-state index contributed by atoms with van der Waals surface area (Å²) < 4.78 is 20.1. The second-order valence-electron chi connectivity index (χ2n) is 11.9. The van der Waals surface area contributed by atoms with E-state index in [2.05, 4.69) is 15.4 Å². The standard InChI is InChI=1S/C30H30Cl2FN3O3/c31-24-2-1-3-25(32)26(24)27-23(28(39-35-27)16-4-5-16)15-34-19-11-30(12-19)13-20-6-7-21(14-30)36(20)22-9-17(29(37)38)8-18(33)10-22/h1-3,8-10,16,19-21,34H,4-7,11-15H2,(H,37,38). The van der Waals surface area contributed by atoms with E-state index in [1.165, 1.54) is 6.07 Å². The third-order valence-electron chi connectivity index (χ3n) is 9.28. The minimum Gasteiger partial charge on any atom is -0.478 e. The maximum atomic E-state index is 14.2. The fraction of sp³-hybridized carbons (Fsp3) is 0.467. The molecule has 1 aromatic heterocycles. The molecular weight excluding hydrogens is 540 g/mol. The number of piperidine rings is 1. The zero-order valence-corrected chi connectivity index (χ0v) is 22.9. The van der Waals surface area contributed by atoms with Crippen molar-refractivity contribution in [3.05, 3.63) is 69.1 Å². The molecule has 2 aliphatic heterocycles. The van der Waals surface area contributed by atoms with Gasteiger partial charge in [-0.25, -0.2) is 9.18 Å². The summed E-state index contributed by atoms with van der Waals surface area (Å²) in [5.41, 5.74) is 3.51. The number of nitrogens with zero attached hydrogens (tertiary/aromatic N) is 2. The highest BCUT2D eigenvalue weighted by Crippen LogP contribution is 2.57. The highest BCUT2D eigenvalue weighted by Gasteiger charge is 2.54. The molecule has 2 N–H and O–H groups in total. The van der Waals surface area contributed by atoms with Crippen LogP contribution in [0.1, 0.15) is 79.0 Å². The molecule has 4 aliphatic rings. The molecule has 2 saturated heterocycles. The molecule has 2 bridgehead atoms. The predicted molar refractivity (Wildman–Crippen MR) is 148 cm³/mol. The van der Waals surface area contributed by atoms with Crippen molar-refractivity contribution >= 4 is 34.9 Å². The normalized spacial score (nSPS) is 27.7. The first-order chi connectivity index (χ1) is 18.8. The van der Waals surface area contributed by atoms with E-state index in [9.17, 15) is 14.3 Å². The van der Waals surface area contributed by atoms with Gasteiger partial charge in [0, 0.05) is 47.4 Å². The van der Waals surface area contributed by atoms with Crippen LogP contribution >= 0.6 is 23.2 Å². The summed E-state index contributed by atoms with van der Waals surface area (Å²) in [6, 6.07) is 10.7. The lowest BCUT2D eigenvalue weighted by atomic mass is 9.58. The van der Waals surface area contributed by atoms with Crippen molar-refractivity contribution in [3.8, 4) is 11.3 Å². The molecule has 1 spiro atoms. The SMILES string of the molecule is O=C(O)c1cc(F)cc(N2C3CCC2CC2(CC(NCc4c(-c5c(Cl)cccc5Cl)noc4C4CC4)C2)C3)c1. The molecule has 0 amide bonds. The van der Waals surface area contributed by atoms with E-state index >= 15 is 0 Å². The molecule has 7 rings (SSSR count). The van der Waals surface area contributed by atoms with Crippen molar-refractivity contribution in [1.29, 1.82) is 0 Å². The number of carboxylic acids is 1. The van der Waals surface area contributed by atoms with Gasteiger partial charge in [0.05, 0.1) is 15.6 Å². The van der Waals surface area contributed by atoms with Gasteiger partial charge in [-0.15, -0.1) is 0 Å². The van der Waals surface area contributed by atoms with Gasteiger partial charge in [-0.1, -0.05) is 34.4 Å². The number of anilines is 1. The average molecular weight is 570 g/mol. The minimum absolute atomic E-state index is 0.00865. The molecule has 9 heteroatoms. The third-order valence-corrected chi connectivity index (χ3v) is 9.91. The molecule has 39 heavy (non-hydrogen) atoms. The monoisotopic (exact) mass is 569 g/mol. The van der Waals surface area contributed by atoms with E-state index in [0.717, 1.165) is 80.0 Å². The molecular formula is C30H30Cl2FN3O3. The first-order valence-electron chi connectivity index (χ1n) is 13.8. The van der Waals surface area contributed by atoms with Crippen molar-refractivity contribution in [2.24, 2.45) is 5.41 Å². The molecule has 2 aromatic carbocycles. The van der Waals surface area contributed by atoms with Crippen LogP contribution in [0, 0.1) is 11.2 Å². The van der Waals surface area contributed by atoms with E-state index in [4.69, 9.17) is 27.7 Å². The fourth-order valence-corrected chi connectivity index (χ4v) is 8.08. The maximum absolute atomic E-state index is 14.2. The van der Waals surface area contributed by atoms with Gasteiger partial charge in [-0.05, 0) is 87.1 Å². The molecule has 2 unspecified atom stereocenters. The second-order valence-corrected chi connectivity index (χ2v) is 12.7. The first kappa shape index (κ1) is 25.4. The highest BCUT2D eigenvalue weighted by atomic mass is 35.5. The van der Waals surface area contributed by atoms with Crippen LogP contribution in [-0.2, 0) is 6.54 Å². The first-order valence-corrected chi connectivity index (χ1v) is 14.5. The number of fused-ring (bicyclic) bond motifs is 2. The van der Waals surface area contributed by atoms with Gasteiger partial charge in [0.25, 0.3) is 0 Å². The van der Waals surface area contributed by atoms with E-state index in [-0.39, 0.29) is 11.0 Å². The average Bonchev–Trinajstić information content (AvgIpc) is 3.58. The number of aromatic carboxylic acids is 1. The molecule has 3 aromatic rings. The summed E-state index contributed by atoms with van der Waals surface area (Å²) in [6.45, 7) is 0.660. The molecule has 204 valence electrons. The van der Waals surface area contributed by atoms with E-state index in [1.54, 1.807) is 6.07 Å². The van der Waals surface area contributed by atoms with Crippen LogP contribution in [0.5, 0.6) is 0 Å². The zero-order valence-electron chi connectivity index (χ0n) is 21.4. The molecule has 3 heterocycles. The lowest BCUT2D eigenvalue weighted by Gasteiger charge is -2.56. The van der Waals surface area contributed by atoms with Crippen molar-refractivity contribution in [2.75, 3.05) is 4.90 Å². The number of carbonyl (C=O) groups is 1. The minimum atomic E-state index is -1.10. The van der Waals surface area contributed by atoms with E-state index in [1.807, 2.05) is 18.2 Å². The summed E-state index contributed by atoms with van der Waals surface area (Å²) in [7, 11) is 0. The molecule has 2 saturated carbocycles. The Morgan fingerprint density at radius 2 is 1.77 bits per heavy atom. The smallest absolute Gasteiger partial charge is 0.335 e. The quantitative estimate of drug-likeness (QED) is 0.308. The molecule has 6 nitrogen and oxygen atoms in total. The lowest BCUT2D eigenvalue weighted by molar-refractivity contribution is 0.0348. The van der Waals surface area contributed by atoms with Crippen LogP contribution in [0.2, 0.25) is 10.0 Å². The number of halogens is 3. The number of carboxylic acid groups (broad SMARTS) is 1. The van der Waals surface area contributed by atoms with Gasteiger partial charge in [0.15, 0.2) is 0 Å². The number of aromatic nitrogens is 1. The van der Waals surface area contributed by atoms with Gasteiger partial charge in [0.2, 0.25) is 0 Å². The summed E-state index contributed by atoms with van der Waals surface area (Å²) in [4.78, 5) is 13.8. The lowest BCUT2D eigenvalue weighted by Crippen LogP contribution is -2.57. The molecule has 2 atom stereocenters. The van der Waals surface area contributed by atoms with Crippen LogP contribution in [0.15, 0.2) is 40.9 Å². The number of hydrogen-bond acceptors (Lipinski definition) is 5. The Bertz CT molecular complexity index is 1410. The Hall–Kier alpha value is -2.61. The molecule has 4 fully saturated rings. The van der Waals surface area contributed by atoms with Crippen LogP contribution in [-0.4, -0.2) is 34.4 Å². The van der Waals surface area contributed by atoms with Gasteiger partial charge in [0.1, 0.15) is 17.3 Å². The van der Waals surface area contributed by atoms with Gasteiger partial charge < -0.3 is 19.8 Å². The summed E-state index contributed by atoms with van der Waals surface area (Å²) in [5.74, 6) is -0.220. The van der Waals surface area contributed by atoms with Gasteiger partial charge in [-0.2, -0.15) is 0 Å².